The van der Waals surface area contributed by atoms with Gasteiger partial charge in [0.1, 0.15) is 17.0 Å². The van der Waals surface area contributed by atoms with Gasteiger partial charge in [-0.1, -0.05) is 74.0 Å². The minimum Gasteiger partial charge on any atom is -0.460 e. The lowest BCUT2D eigenvalue weighted by atomic mass is 9.85. The molecule has 2 aliphatic heterocycles. The zero-order chi connectivity index (χ0) is 22.8. The number of nitrogens with zero attached hydrogens (tertiary/aromatic N) is 1. The van der Waals surface area contributed by atoms with Gasteiger partial charge in [-0.15, -0.1) is 0 Å². The van der Waals surface area contributed by atoms with E-state index in [0.29, 0.717) is 25.2 Å². The van der Waals surface area contributed by atoms with Gasteiger partial charge in [0.05, 0.1) is 12.0 Å². The lowest BCUT2D eigenvalue weighted by Gasteiger charge is -2.35. The predicted molar refractivity (Wildman–Crippen MR) is 121 cm³/mol. The highest BCUT2D eigenvalue weighted by molar-refractivity contribution is 9.10. The van der Waals surface area contributed by atoms with Gasteiger partial charge in [-0.2, -0.15) is 0 Å². The molecular weight excluding hydrogens is 462 g/mol. The van der Waals surface area contributed by atoms with Crippen LogP contribution in [0.5, 0.6) is 0 Å². The van der Waals surface area contributed by atoms with Crippen LogP contribution in [-0.4, -0.2) is 45.9 Å². The molecule has 2 heterocycles. The van der Waals surface area contributed by atoms with Crippen LogP contribution in [0.25, 0.3) is 0 Å². The number of ether oxygens (including phenoxy) is 2. The average Bonchev–Trinajstić information content (AvgIpc) is 3.29. The van der Waals surface area contributed by atoms with E-state index < -0.39 is 22.6 Å². The minimum atomic E-state index is -1.16. The van der Waals surface area contributed by atoms with E-state index in [-0.39, 0.29) is 30.3 Å². The summed E-state index contributed by atoms with van der Waals surface area (Å²) < 4.78 is 9.83. The van der Waals surface area contributed by atoms with Crippen molar-refractivity contribution in [3.63, 3.8) is 0 Å². The number of amides is 2. The molecule has 3 rings (SSSR count). The van der Waals surface area contributed by atoms with Gasteiger partial charge in [0.25, 0.3) is 5.91 Å². The van der Waals surface area contributed by atoms with Crippen LogP contribution in [0.3, 0.4) is 0 Å². The van der Waals surface area contributed by atoms with Crippen LogP contribution < -0.4 is 0 Å². The Morgan fingerprint density at radius 1 is 1.19 bits per heavy atom. The smallest absolute Gasteiger partial charge is 0.417 e. The van der Waals surface area contributed by atoms with Crippen LogP contribution in [0.15, 0.2) is 30.3 Å². The van der Waals surface area contributed by atoms with Crippen molar-refractivity contribution in [2.75, 3.05) is 6.61 Å². The van der Waals surface area contributed by atoms with Gasteiger partial charge in [0.2, 0.25) is 0 Å². The molecule has 0 unspecified atom stereocenters. The summed E-state index contributed by atoms with van der Waals surface area (Å²) in [5.74, 6) is -0.422. The van der Waals surface area contributed by atoms with Crippen molar-refractivity contribution in [2.45, 2.75) is 69.8 Å². The molecule has 170 valence electrons. The first-order chi connectivity index (χ1) is 14.6. The van der Waals surface area contributed by atoms with Crippen LogP contribution in [0, 0.1) is 17.8 Å². The number of halogens is 1. The number of hydrogen-bond donors (Lipinski definition) is 0. The molecule has 7 heteroatoms. The maximum atomic E-state index is 13.8. The van der Waals surface area contributed by atoms with E-state index in [0.717, 1.165) is 12.0 Å². The van der Waals surface area contributed by atoms with Crippen LogP contribution in [-0.2, 0) is 25.5 Å². The van der Waals surface area contributed by atoms with E-state index in [1.165, 1.54) is 4.90 Å². The van der Waals surface area contributed by atoms with Crippen molar-refractivity contribution < 1.29 is 23.9 Å². The van der Waals surface area contributed by atoms with E-state index in [1.807, 2.05) is 44.2 Å². The van der Waals surface area contributed by atoms with Gasteiger partial charge in [0.15, 0.2) is 0 Å². The molecule has 0 aromatic heterocycles. The second-order valence-corrected chi connectivity index (χ2v) is 10.8. The number of hydrogen-bond acceptors (Lipinski definition) is 5. The normalized spacial score (nSPS) is 25.6. The molecule has 2 aliphatic rings. The van der Waals surface area contributed by atoms with Crippen LogP contribution in [0.4, 0.5) is 4.79 Å². The Morgan fingerprint density at radius 3 is 2.45 bits per heavy atom. The fraction of sp³-hybridized carbons (Fsp3) is 0.625. The fourth-order valence-electron chi connectivity index (χ4n) is 4.28. The maximum absolute atomic E-state index is 13.8. The Balaban J connectivity index is 1.87. The van der Waals surface area contributed by atoms with Gasteiger partial charge in [-0.3, -0.25) is 9.59 Å². The number of cyclic esters (lactones) is 2. The topological polar surface area (TPSA) is 72.9 Å². The molecule has 1 aromatic rings. The third kappa shape index (κ3) is 5.13. The van der Waals surface area contributed by atoms with Gasteiger partial charge in [0, 0.05) is 0 Å². The first kappa shape index (κ1) is 23.8. The number of carbonyl (C=O) groups is 3. The Hall–Kier alpha value is -1.89. The highest BCUT2D eigenvalue weighted by Crippen LogP contribution is 2.43. The lowest BCUT2D eigenvalue weighted by Crippen LogP contribution is -2.55. The zero-order valence-corrected chi connectivity index (χ0v) is 20.3. The summed E-state index contributed by atoms with van der Waals surface area (Å²) in [5, 5.41) is 0. The minimum absolute atomic E-state index is 0.122. The summed E-state index contributed by atoms with van der Waals surface area (Å²) in [6, 6.07) is 9.34. The highest BCUT2D eigenvalue weighted by atomic mass is 79.9. The van der Waals surface area contributed by atoms with Crippen LogP contribution in [0.1, 0.15) is 52.5 Å². The second kappa shape index (κ2) is 9.72. The Kier molecular flexibility index (Phi) is 7.45. The summed E-state index contributed by atoms with van der Waals surface area (Å²) in [4.78, 5) is 40.2. The van der Waals surface area contributed by atoms with Gasteiger partial charge in [-0.25, -0.2) is 9.69 Å². The first-order valence-corrected chi connectivity index (χ1v) is 11.9. The van der Waals surface area contributed by atoms with Crippen molar-refractivity contribution in [3.8, 4) is 0 Å². The summed E-state index contributed by atoms with van der Waals surface area (Å²) in [6.07, 6.45) is 0.939. The molecule has 0 N–H and O–H groups in total. The molecule has 0 aliphatic carbocycles. The number of benzene rings is 1. The average molecular weight is 494 g/mol. The molecule has 0 saturated carbocycles. The molecule has 4 atom stereocenters. The number of imide groups is 1. The molecule has 0 spiro atoms. The molecule has 2 amide bonds. The third-order valence-electron chi connectivity index (χ3n) is 6.28. The Labute approximate surface area is 192 Å². The van der Waals surface area contributed by atoms with Gasteiger partial charge >= 0.3 is 12.1 Å². The number of alkyl halides is 1. The summed E-state index contributed by atoms with van der Waals surface area (Å²) in [6.45, 7) is 8.28. The quantitative estimate of drug-likeness (QED) is 0.386. The largest absolute Gasteiger partial charge is 0.460 e. The molecule has 1 aromatic carbocycles. The highest BCUT2D eigenvalue weighted by Gasteiger charge is 2.56. The predicted octanol–water partition coefficient (Wildman–Crippen LogP) is 4.73. The Bertz CT molecular complexity index is 811. The van der Waals surface area contributed by atoms with E-state index in [4.69, 9.17) is 9.47 Å². The molecule has 6 nitrogen and oxygen atoms in total. The summed E-state index contributed by atoms with van der Waals surface area (Å²) in [5.41, 5.74) is 1.03. The van der Waals surface area contributed by atoms with Gasteiger partial charge in [-0.05, 0) is 43.1 Å². The van der Waals surface area contributed by atoms with Crippen LogP contribution in [0.2, 0.25) is 0 Å². The van der Waals surface area contributed by atoms with Crippen molar-refractivity contribution in [2.24, 2.45) is 17.8 Å². The zero-order valence-electron chi connectivity index (χ0n) is 18.7. The molecule has 0 bridgehead atoms. The standard InChI is InChI=1S/C24H32BrNO5/c1-15(2)10-11-24(25,20-13-19(16(3)4)21(27)31-20)22(28)26-18(14-30-23(26)29)12-17-8-6-5-7-9-17/h5-9,15-16,18-20H,10-14H2,1-4H3/t18-,19-,20-,24+/m0/s1. The fourth-order valence-corrected chi connectivity index (χ4v) is 4.98. The SMILES string of the molecule is CC(C)CC[C@](Br)(C(=O)N1C(=O)OC[C@@H]1Cc1ccccc1)[C@@H]1C[C@@H](C(C)C)C(=O)O1. The summed E-state index contributed by atoms with van der Waals surface area (Å²) in [7, 11) is 0. The lowest BCUT2D eigenvalue weighted by molar-refractivity contribution is -0.148. The third-order valence-corrected chi connectivity index (χ3v) is 7.53. The first-order valence-electron chi connectivity index (χ1n) is 11.1. The van der Waals surface area contributed by atoms with E-state index >= 15 is 0 Å². The van der Waals surface area contributed by atoms with Crippen molar-refractivity contribution >= 4 is 33.9 Å². The number of esters is 1. The molecule has 2 fully saturated rings. The Morgan fingerprint density at radius 2 is 1.87 bits per heavy atom. The second-order valence-electron chi connectivity index (χ2n) is 9.40. The maximum Gasteiger partial charge on any atom is 0.417 e. The van der Waals surface area contributed by atoms with E-state index in [2.05, 4.69) is 29.8 Å². The molecule has 31 heavy (non-hydrogen) atoms. The number of rotatable bonds is 8. The molecule has 2 saturated heterocycles. The van der Waals surface area contributed by atoms with Crippen molar-refractivity contribution in [3.05, 3.63) is 35.9 Å². The molecular formula is C24H32BrNO5. The molecule has 0 radical (unpaired) electrons. The van der Waals surface area contributed by atoms with Crippen LogP contribution >= 0.6 is 15.9 Å². The van der Waals surface area contributed by atoms with Crippen molar-refractivity contribution in [1.29, 1.82) is 0 Å². The van der Waals surface area contributed by atoms with E-state index in [1.54, 1.807) is 0 Å². The van der Waals surface area contributed by atoms with Gasteiger partial charge < -0.3 is 9.47 Å². The van der Waals surface area contributed by atoms with Crippen molar-refractivity contribution in [1.82, 2.24) is 4.90 Å². The monoisotopic (exact) mass is 493 g/mol. The van der Waals surface area contributed by atoms with E-state index in [9.17, 15) is 14.4 Å². The summed E-state index contributed by atoms with van der Waals surface area (Å²) >= 11 is 3.68. The number of carbonyl (C=O) groups excluding carboxylic acids is 3.